The van der Waals surface area contributed by atoms with Crippen LogP contribution in [0.15, 0.2) is 230 Å². The lowest BCUT2D eigenvalue weighted by atomic mass is 9.69. The Morgan fingerprint density at radius 2 is 0.969 bits per heavy atom. The molecule has 0 saturated heterocycles. The zero-order valence-corrected chi connectivity index (χ0v) is 35.3. The van der Waals surface area contributed by atoms with Crippen molar-refractivity contribution < 1.29 is 0 Å². The van der Waals surface area contributed by atoms with Crippen molar-refractivity contribution in [2.24, 2.45) is 0 Å². The first-order valence-electron chi connectivity index (χ1n) is 22.2. The average molecular weight is 830 g/mol. The first-order chi connectivity index (χ1) is 32.2. The van der Waals surface area contributed by atoms with E-state index >= 15 is 0 Å². The van der Waals surface area contributed by atoms with E-state index in [0.29, 0.717) is 17.5 Å². The molecule has 10 aromatic rings. The molecular weight excluding hydrogens is 791 g/mol. The van der Waals surface area contributed by atoms with E-state index < -0.39 is 5.41 Å². The molecule has 0 fully saturated rings. The summed E-state index contributed by atoms with van der Waals surface area (Å²) < 4.78 is 2.33. The second-order valence-corrected chi connectivity index (χ2v) is 16.9. The van der Waals surface area contributed by atoms with Crippen LogP contribution in [0, 0.1) is 0 Å². The van der Waals surface area contributed by atoms with Crippen molar-refractivity contribution in [3.63, 3.8) is 0 Å². The topological polar surface area (TPSA) is 56.5 Å². The third-order valence-corrected chi connectivity index (χ3v) is 13.3. The van der Waals surface area contributed by atoms with Crippen LogP contribution in [0.25, 0.3) is 90.1 Å². The van der Waals surface area contributed by atoms with E-state index in [9.17, 15) is 0 Å². The molecule has 1 atom stereocenters. The summed E-state index contributed by atoms with van der Waals surface area (Å²) >= 11 is 0. The molecule has 1 unspecified atom stereocenters. The molecule has 3 aliphatic carbocycles. The van der Waals surface area contributed by atoms with Crippen LogP contribution in [0.3, 0.4) is 0 Å². The van der Waals surface area contributed by atoms with E-state index in [1.807, 2.05) is 36.4 Å². The molecule has 2 heterocycles. The molecule has 5 heteroatoms. The normalized spacial score (nSPS) is 15.5. The molecule has 0 bridgehead atoms. The number of rotatable bonds is 6. The van der Waals surface area contributed by atoms with Gasteiger partial charge in [-0.05, 0) is 86.8 Å². The summed E-state index contributed by atoms with van der Waals surface area (Å²) in [6, 6.07) is 71.1. The fourth-order valence-corrected chi connectivity index (χ4v) is 10.5. The highest BCUT2D eigenvalue weighted by Gasteiger charge is 2.53. The summed E-state index contributed by atoms with van der Waals surface area (Å²) in [6.07, 6.45) is 10.1. The second-order valence-electron chi connectivity index (χ2n) is 16.9. The van der Waals surface area contributed by atoms with E-state index in [1.165, 1.54) is 44.5 Å². The molecule has 8 aromatic carbocycles. The van der Waals surface area contributed by atoms with Crippen molar-refractivity contribution >= 4 is 16.6 Å². The van der Waals surface area contributed by atoms with E-state index in [1.54, 1.807) is 0 Å². The van der Waals surface area contributed by atoms with E-state index in [2.05, 4.69) is 193 Å². The van der Waals surface area contributed by atoms with Crippen molar-refractivity contribution in [1.82, 2.24) is 24.5 Å². The highest BCUT2D eigenvalue weighted by atomic mass is 15.1. The summed E-state index contributed by atoms with van der Waals surface area (Å²) in [5.74, 6) is 2.84. The molecule has 0 aliphatic heterocycles. The summed E-state index contributed by atoms with van der Waals surface area (Å²) in [4.78, 5) is 20.6. The van der Waals surface area contributed by atoms with Crippen LogP contribution in [-0.4, -0.2) is 24.5 Å². The van der Waals surface area contributed by atoms with Gasteiger partial charge in [0, 0.05) is 27.8 Å². The van der Waals surface area contributed by atoms with Gasteiger partial charge in [0.05, 0.1) is 22.1 Å². The lowest BCUT2D eigenvalue weighted by molar-refractivity contribution is 0.791. The van der Waals surface area contributed by atoms with Gasteiger partial charge in [0.25, 0.3) is 0 Å². The predicted molar refractivity (Wildman–Crippen MR) is 263 cm³/mol. The number of hydrogen-bond acceptors (Lipinski definition) is 4. The Morgan fingerprint density at radius 1 is 0.415 bits per heavy atom. The Bertz CT molecular complexity index is 3560. The van der Waals surface area contributed by atoms with Crippen LogP contribution in [0.5, 0.6) is 0 Å². The maximum atomic E-state index is 5.22. The van der Waals surface area contributed by atoms with Crippen molar-refractivity contribution in [3.8, 4) is 73.5 Å². The van der Waals surface area contributed by atoms with Crippen LogP contribution >= 0.6 is 0 Å². The van der Waals surface area contributed by atoms with Crippen LogP contribution in [-0.2, 0) is 5.41 Å². The molecule has 65 heavy (non-hydrogen) atoms. The zero-order valence-electron chi connectivity index (χ0n) is 35.3. The number of para-hydroxylation sites is 3. The smallest absolute Gasteiger partial charge is 0.164 e. The lowest BCUT2D eigenvalue weighted by Crippen LogP contribution is -2.26. The van der Waals surface area contributed by atoms with Crippen LogP contribution < -0.4 is 0 Å². The Kier molecular flexibility index (Phi) is 8.43. The van der Waals surface area contributed by atoms with Crippen molar-refractivity contribution in [1.29, 1.82) is 0 Å². The molecule has 3 aliphatic rings. The molecule has 0 saturated carbocycles. The predicted octanol–water partition coefficient (Wildman–Crippen LogP) is 14.1. The summed E-state index contributed by atoms with van der Waals surface area (Å²) in [7, 11) is 0. The van der Waals surface area contributed by atoms with Gasteiger partial charge in [-0.15, -0.1) is 0 Å². The first kappa shape index (κ1) is 37.1. The quantitative estimate of drug-likeness (QED) is 0.167. The molecule has 5 nitrogen and oxygen atoms in total. The Hall–Kier alpha value is -8.54. The van der Waals surface area contributed by atoms with Crippen LogP contribution in [0.2, 0.25) is 0 Å². The molecule has 0 radical (unpaired) electrons. The highest BCUT2D eigenvalue weighted by molar-refractivity contribution is 6.02. The van der Waals surface area contributed by atoms with Gasteiger partial charge < -0.3 is 0 Å². The fourth-order valence-electron chi connectivity index (χ4n) is 10.5. The first-order valence-corrected chi connectivity index (χ1v) is 22.2. The molecule has 304 valence electrons. The minimum Gasteiger partial charge on any atom is -0.292 e. The third-order valence-electron chi connectivity index (χ3n) is 13.3. The number of allylic oxidation sites excluding steroid dienone is 6. The van der Waals surface area contributed by atoms with Gasteiger partial charge in [-0.2, -0.15) is 0 Å². The van der Waals surface area contributed by atoms with Gasteiger partial charge in [-0.3, -0.25) is 4.57 Å². The van der Waals surface area contributed by atoms with Gasteiger partial charge in [0.2, 0.25) is 0 Å². The number of benzene rings is 8. The molecule has 1 spiro atoms. The van der Waals surface area contributed by atoms with E-state index in [-0.39, 0.29) is 0 Å². The maximum Gasteiger partial charge on any atom is 0.164 e. The highest BCUT2D eigenvalue weighted by Crippen LogP contribution is 2.64. The minimum atomic E-state index is -0.603. The largest absolute Gasteiger partial charge is 0.292 e. The summed E-state index contributed by atoms with van der Waals surface area (Å²) in [6.45, 7) is 0. The average Bonchev–Trinajstić information content (AvgIpc) is 3.91. The summed E-state index contributed by atoms with van der Waals surface area (Å²) in [5.41, 5.74) is 18.7. The molecule has 2 aromatic heterocycles. The zero-order chi connectivity index (χ0) is 42.9. The van der Waals surface area contributed by atoms with Crippen LogP contribution in [0.1, 0.15) is 28.7 Å². The number of fused-ring (bicyclic) bond motifs is 11. The van der Waals surface area contributed by atoms with E-state index in [4.69, 9.17) is 19.9 Å². The molecular formula is C60H39N5. The van der Waals surface area contributed by atoms with Gasteiger partial charge in [0.15, 0.2) is 17.5 Å². The second kappa shape index (κ2) is 14.8. The maximum absolute atomic E-state index is 5.22. The van der Waals surface area contributed by atoms with Crippen molar-refractivity contribution in [3.05, 3.63) is 252 Å². The van der Waals surface area contributed by atoms with Crippen LogP contribution in [0.4, 0.5) is 0 Å². The Balaban J connectivity index is 1.05. The minimum absolute atomic E-state index is 0.603. The van der Waals surface area contributed by atoms with Crippen molar-refractivity contribution in [2.75, 3.05) is 0 Å². The SMILES string of the molecule is C1=CCC=C2C(=C1)c1ccccc1C21c2cc(-c3nc(-c4ccccc4)nc(-c4ccccc4)n3)ccc2-c2ccc(-c3ccccc3-n3c(-c4ccccc4)nc4ccccc43)cc21. The molecule has 13 rings (SSSR count). The van der Waals surface area contributed by atoms with E-state index in [0.717, 1.165) is 62.3 Å². The van der Waals surface area contributed by atoms with Gasteiger partial charge in [-0.1, -0.05) is 194 Å². The Morgan fingerprint density at radius 3 is 1.68 bits per heavy atom. The monoisotopic (exact) mass is 829 g/mol. The number of aromatic nitrogens is 5. The number of hydrogen-bond donors (Lipinski definition) is 0. The number of imidazole rings is 1. The molecule has 0 amide bonds. The third kappa shape index (κ3) is 5.72. The fraction of sp³-hybridized carbons (Fsp3) is 0.0333. The lowest BCUT2D eigenvalue weighted by Gasteiger charge is -2.31. The Labute approximate surface area is 377 Å². The standard InChI is InChI=1S/C60H39N5/c1-5-19-39(20-6-1)56-62-57(40-21-7-2-8-22-40)64-58(63-56)43-34-36-48-47-35-33-42(37-51(47)60(52(48)38-43)49-28-12-4-11-26-45(49)46-27-13-15-29-50(46)60)44-25-14-17-31-54(44)65-55-32-18-16-30-53(55)61-59(65)41-23-9-3-10-24-41/h1-11,13-38H,12H2. The molecule has 0 N–H and O–H groups in total. The van der Waals surface area contributed by atoms with Gasteiger partial charge in [0.1, 0.15) is 5.82 Å². The number of nitrogens with zero attached hydrogens (tertiary/aromatic N) is 5. The van der Waals surface area contributed by atoms with Crippen molar-refractivity contribution in [2.45, 2.75) is 11.8 Å². The van der Waals surface area contributed by atoms with Gasteiger partial charge in [-0.25, -0.2) is 19.9 Å². The van der Waals surface area contributed by atoms with Gasteiger partial charge >= 0.3 is 0 Å². The summed E-state index contributed by atoms with van der Waals surface area (Å²) in [5, 5.41) is 0.